The standard InChI is InChI=1S/C13H22N4O/c1-12-5-2-3-8-16(12)9-4-6-15-13(18)17-10-7-14-11-17/h7,10-12H,2-6,8-9H2,1H3,(H,15,18)/t12-/m1/s1. The monoisotopic (exact) mass is 250 g/mol. The molecule has 1 aliphatic rings. The summed E-state index contributed by atoms with van der Waals surface area (Å²) in [6.45, 7) is 5.30. The number of carbonyl (C=O) groups excluding carboxylic acids is 1. The summed E-state index contributed by atoms with van der Waals surface area (Å²) >= 11 is 0. The molecule has 1 amide bonds. The zero-order valence-electron chi connectivity index (χ0n) is 11.0. The Kier molecular flexibility index (Phi) is 4.75. The fraction of sp³-hybridized carbons (Fsp3) is 0.692. The SMILES string of the molecule is C[C@@H]1CCCCN1CCCNC(=O)n1ccnc1. The van der Waals surface area contributed by atoms with Gasteiger partial charge in [0.15, 0.2) is 0 Å². The van der Waals surface area contributed by atoms with Gasteiger partial charge in [0, 0.05) is 31.5 Å². The molecule has 1 fully saturated rings. The highest BCUT2D eigenvalue weighted by molar-refractivity contribution is 5.76. The molecule has 5 heteroatoms. The van der Waals surface area contributed by atoms with E-state index in [1.54, 1.807) is 12.4 Å². The van der Waals surface area contributed by atoms with E-state index in [2.05, 4.69) is 22.1 Å². The van der Waals surface area contributed by atoms with Crippen LogP contribution in [0, 0.1) is 0 Å². The van der Waals surface area contributed by atoms with Crippen molar-refractivity contribution in [3.8, 4) is 0 Å². The maximum Gasteiger partial charge on any atom is 0.326 e. The molecule has 0 bridgehead atoms. The summed E-state index contributed by atoms with van der Waals surface area (Å²) in [7, 11) is 0. The molecule has 0 spiro atoms. The van der Waals surface area contributed by atoms with Gasteiger partial charge >= 0.3 is 6.03 Å². The Hall–Kier alpha value is -1.36. The second-order valence-electron chi connectivity index (χ2n) is 4.94. The number of amides is 1. The number of carbonyl (C=O) groups is 1. The number of nitrogens with zero attached hydrogens (tertiary/aromatic N) is 3. The number of piperidine rings is 1. The Bertz CT molecular complexity index is 363. The Morgan fingerprint density at radius 2 is 2.39 bits per heavy atom. The maximum absolute atomic E-state index is 11.6. The smallest absolute Gasteiger partial charge is 0.326 e. The van der Waals surface area contributed by atoms with Crippen LogP contribution in [0.5, 0.6) is 0 Å². The van der Waals surface area contributed by atoms with Gasteiger partial charge in [0.25, 0.3) is 0 Å². The molecule has 0 saturated carbocycles. The lowest BCUT2D eigenvalue weighted by atomic mass is 10.0. The van der Waals surface area contributed by atoms with E-state index in [1.807, 2.05) is 0 Å². The molecule has 2 rings (SSSR count). The molecule has 0 radical (unpaired) electrons. The molecule has 1 aromatic rings. The first-order chi connectivity index (χ1) is 8.77. The normalized spacial score (nSPS) is 20.8. The minimum Gasteiger partial charge on any atom is -0.337 e. The van der Waals surface area contributed by atoms with Crippen molar-refractivity contribution < 1.29 is 4.79 Å². The van der Waals surface area contributed by atoms with Gasteiger partial charge < -0.3 is 10.2 Å². The van der Waals surface area contributed by atoms with Crippen molar-refractivity contribution in [2.75, 3.05) is 19.6 Å². The van der Waals surface area contributed by atoms with E-state index in [0.29, 0.717) is 6.04 Å². The van der Waals surface area contributed by atoms with Gasteiger partial charge in [-0.2, -0.15) is 0 Å². The van der Waals surface area contributed by atoms with Crippen LogP contribution in [0.15, 0.2) is 18.7 Å². The van der Waals surface area contributed by atoms with Gasteiger partial charge in [-0.1, -0.05) is 6.42 Å². The second kappa shape index (κ2) is 6.54. The van der Waals surface area contributed by atoms with Crippen LogP contribution >= 0.6 is 0 Å². The number of imidazole rings is 1. The number of nitrogens with one attached hydrogen (secondary N) is 1. The highest BCUT2D eigenvalue weighted by Crippen LogP contribution is 2.15. The highest BCUT2D eigenvalue weighted by Gasteiger charge is 2.17. The van der Waals surface area contributed by atoms with E-state index in [9.17, 15) is 4.79 Å². The molecular weight excluding hydrogens is 228 g/mol. The van der Waals surface area contributed by atoms with Crippen molar-refractivity contribution >= 4 is 6.03 Å². The molecule has 1 atom stereocenters. The topological polar surface area (TPSA) is 50.2 Å². The fourth-order valence-electron chi connectivity index (χ4n) is 2.44. The van der Waals surface area contributed by atoms with Crippen LogP contribution in [0.25, 0.3) is 0 Å². The van der Waals surface area contributed by atoms with Crippen molar-refractivity contribution in [1.29, 1.82) is 0 Å². The number of rotatable bonds is 4. The molecule has 5 nitrogen and oxygen atoms in total. The molecule has 0 aliphatic carbocycles. The highest BCUT2D eigenvalue weighted by atomic mass is 16.2. The average Bonchev–Trinajstić information content (AvgIpc) is 2.90. The Balaban J connectivity index is 1.62. The third kappa shape index (κ3) is 3.57. The van der Waals surface area contributed by atoms with Crippen LogP contribution < -0.4 is 5.32 Å². The Morgan fingerprint density at radius 3 is 3.11 bits per heavy atom. The van der Waals surface area contributed by atoms with E-state index >= 15 is 0 Å². The summed E-state index contributed by atoms with van der Waals surface area (Å²) < 4.78 is 1.46. The first kappa shape index (κ1) is 13.1. The predicted octanol–water partition coefficient (Wildman–Crippen LogP) is 1.71. The molecular formula is C13H22N4O. The van der Waals surface area contributed by atoms with Gasteiger partial charge in [-0.3, -0.25) is 4.57 Å². The molecule has 1 aliphatic heterocycles. The Morgan fingerprint density at radius 1 is 1.50 bits per heavy atom. The van der Waals surface area contributed by atoms with Crippen LogP contribution in [0.1, 0.15) is 32.6 Å². The van der Waals surface area contributed by atoms with Gasteiger partial charge in [-0.05, 0) is 32.7 Å². The van der Waals surface area contributed by atoms with Gasteiger partial charge in [0.2, 0.25) is 0 Å². The molecule has 0 unspecified atom stereocenters. The molecule has 2 heterocycles. The van der Waals surface area contributed by atoms with E-state index < -0.39 is 0 Å². The third-order valence-corrected chi connectivity index (χ3v) is 3.58. The van der Waals surface area contributed by atoms with Crippen molar-refractivity contribution in [1.82, 2.24) is 19.8 Å². The van der Waals surface area contributed by atoms with E-state index in [-0.39, 0.29) is 6.03 Å². The number of aromatic nitrogens is 2. The first-order valence-corrected chi connectivity index (χ1v) is 6.77. The predicted molar refractivity (Wildman–Crippen MR) is 70.5 cm³/mol. The minimum atomic E-state index is -0.0980. The number of hydrogen-bond acceptors (Lipinski definition) is 3. The van der Waals surface area contributed by atoms with E-state index in [4.69, 9.17) is 0 Å². The van der Waals surface area contributed by atoms with Gasteiger partial charge in [0.05, 0.1) is 0 Å². The van der Waals surface area contributed by atoms with Crippen molar-refractivity contribution in [3.05, 3.63) is 18.7 Å². The lowest BCUT2D eigenvalue weighted by Gasteiger charge is -2.33. The molecule has 1 N–H and O–H groups in total. The molecule has 0 aromatic carbocycles. The zero-order chi connectivity index (χ0) is 12.8. The fourth-order valence-corrected chi connectivity index (χ4v) is 2.44. The van der Waals surface area contributed by atoms with Gasteiger partial charge in [0.1, 0.15) is 6.33 Å². The molecule has 1 aromatic heterocycles. The van der Waals surface area contributed by atoms with Crippen molar-refractivity contribution in [2.24, 2.45) is 0 Å². The van der Waals surface area contributed by atoms with E-state index in [1.165, 1.54) is 36.7 Å². The molecule has 100 valence electrons. The number of hydrogen-bond donors (Lipinski definition) is 1. The van der Waals surface area contributed by atoms with Crippen LogP contribution in [-0.4, -0.2) is 46.2 Å². The summed E-state index contributed by atoms with van der Waals surface area (Å²) in [6.07, 6.45) is 9.76. The second-order valence-corrected chi connectivity index (χ2v) is 4.94. The van der Waals surface area contributed by atoms with Gasteiger partial charge in [-0.25, -0.2) is 9.78 Å². The van der Waals surface area contributed by atoms with Crippen molar-refractivity contribution in [2.45, 2.75) is 38.6 Å². The van der Waals surface area contributed by atoms with Crippen LogP contribution in [0.4, 0.5) is 4.79 Å². The van der Waals surface area contributed by atoms with Crippen LogP contribution in [0.2, 0.25) is 0 Å². The minimum absolute atomic E-state index is 0.0980. The number of likely N-dealkylation sites (tertiary alicyclic amines) is 1. The third-order valence-electron chi connectivity index (χ3n) is 3.58. The van der Waals surface area contributed by atoms with Crippen molar-refractivity contribution in [3.63, 3.8) is 0 Å². The quantitative estimate of drug-likeness (QED) is 0.828. The largest absolute Gasteiger partial charge is 0.337 e. The summed E-state index contributed by atoms with van der Waals surface area (Å²) in [6, 6.07) is 0.599. The molecule has 1 saturated heterocycles. The summed E-state index contributed by atoms with van der Waals surface area (Å²) in [5.41, 5.74) is 0. The summed E-state index contributed by atoms with van der Waals surface area (Å²) in [5.74, 6) is 0. The van der Waals surface area contributed by atoms with Gasteiger partial charge in [-0.15, -0.1) is 0 Å². The van der Waals surface area contributed by atoms with Crippen LogP contribution in [-0.2, 0) is 0 Å². The zero-order valence-corrected chi connectivity index (χ0v) is 11.0. The first-order valence-electron chi connectivity index (χ1n) is 6.77. The molecule has 18 heavy (non-hydrogen) atoms. The Labute approximate surface area is 108 Å². The summed E-state index contributed by atoms with van der Waals surface area (Å²) in [4.78, 5) is 18.0. The lowest BCUT2D eigenvalue weighted by Crippen LogP contribution is -2.39. The maximum atomic E-state index is 11.6. The lowest BCUT2D eigenvalue weighted by molar-refractivity contribution is 0.159. The summed E-state index contributed by atoms with van der Waals surface area (Å²) in [5, 5.41) is 2.90. The average molecular weight is 250 g/mol. The van der Waals surface area contributed by atoms with Crippen LogP contribution in [0.3, 0.4) is 0 Å². The van der Waals surface area contributed by atoms with E-state index in [0.717, 1.165) is 19.5 Å².